The average Bonchev–Trinajstić information content (AvgIpc) is 3.42. The molecule has 0 aliphatic carbocycles. The lowest BCUT2D eigenvalue weighted by molar-refractivity contribution is -0.144. The number of hydrogen-bond acceptors (Lipinski definition) is 6. The number of benzene rings is 1. The van der Waals surface area contributed by atoms with Gasteiger partial charge in [0.2, 0.25) is 0 Å². The molecule has 1 unspecified atom stereocenters. The lowest BCUT2D eigenvalue weighted by Gasteiger charge is -2.09. The zero-order valence-corrected chi connectivity index (χ0v) is 18.5. The number of unbranched alkanes of at least 4 members (excludes halogenated alkanes) is 7. The molecule has 7 heteroatoms. The first-order chi connectivity index (χ1) is 14.7. The van der Waals surface area contributed by atoms with Crippen molar-refractivity contribution in [3.8, 4) is 16.3 Å². The van der Waals surface area contributed by atoms with Crippen molar-refractivity contribution in [1.82, 2.24) is 10.2 Å². The first-order valence-electron chi connectivity index (χ1n) is 11.1. The molecule has 30 heavy (non-hydrogen) atoms. The SMILES string of the molecule is CCCCCCCCCCc1nnc(-c2ccc(OC(=O)C3CCCO3)cc2F)s1. The second-order valence-corrected chi connectivity index (χ2v) is 8.85. The highest BCUT2D eigenvalue weighted by Crippen LogP contribution is 2.30. The van der Waals surface area contributed by atoms with Gasteiger partial charge < -0.3 is 9.47 Å². The first kappa shape index (κ1) is 22.8. The molecule has 2 aromatic rings. The topological polar surface area (TPSA) is 61.3 Å². The molecule has 2 heterocycles. The number of aryl methyl sites for hydroxylation is 1. The lowest BCUT2D eigenvalue weighted by atomic mass is 10.1. The van der Waals surface area contributed by atoms with Gasteiger partial charge in [-0.25, -0.2) is 9.18 Å². The lowest BCUT2D eigenvalue weighted by Crippen LogP contribution is -2.24. The Bertz CT molecular complexity index is 805. The van der Waals surface area contributed by atoms with Crippen LogP contribution in [-0.2, 0) is 16.0 Å². The highest BCUT2D eigenvalue weighted by Gasteiger charge is 2.26. The van der Waals surface area contributed by atoms with Gasteiger partial charge in [-0.3, -0.25) is 0 Å². The van der Waals surface area contributed by atoms with Gasteiger partial charge in [-0.15, -0.1) is 10.2 Å². The van der Waals surface area contributed by atoms with Gasteiger partial charge in [0, 0.05) is 24.7 Å². The fraction of sp³-hybridized carbons (Fsp3) is 0.609. The van der Waals surface area contributed by atoms with Crippen molar-refractivity contribution in [2.75, 3.05) is 6.61 Å². The number of halogens is 1. The van der Waals surface area contributed by atoms with Crippen molar-refractivity contribution >= 4 is 17.3 Å². The number of esters is 1. The van der Waals surface area contributed by atoms with Gasteiger partial charge in [0.1, 0.15) is 16.6 Å². The largest absolute Gasteiger partial charge is 0.425 e. The highest BCUT2D eigenvalue weighted by atomic mass is 32.1. The van der Waals surface area contributed by atoms with E-state index in [0.29, 0.717) is 23.6 Å². The van der Waals surface area contributed by atoms with Crippen molar-refractivity contribution in [3.63, 3.8) is 0 Å². The second-order valence-electron chi connectivity index (χ2n) is 7.79. The summed E-state index contributed by atoms with van der Waals surface area (Å²) in [5, 5.41) is 9.85. The fourth-order valence-corrected chi connectivity index (χ4v) is 4.46. The summed E-state index contributed by atoms with van der Waals surface area (Å²) in [5.41, 5.74) is 0.381. The van der Waals surface area contributed by atoms with Crippen LogP contribution in [0.25, 0.3) is 10.6 Å². The molecule has 0 spiro atoms. The number of rotatable bonds is 12. The Morgan fingerprint density at radius 2 is 1.93 bits per heavy atom. The van der Waals surface area contributed by atoms with Gasteiger partial charge >= 0.3 is 5.97 Å². The zero-order valence-electron chi connectivity index (χ0n) is 17.7. The van der Waals surface area contributed by atoms with E-state index in [0.717, 1.165) is 24.3 Å². The molecular formula is C23H31FN2O3S. The molecule has 1 aliphatic rings. The predicted molar refractivity (Wildman–Crippen MR) is 116 cm³/mol. The summed E-state index contributed by atoms with van der Waals surface area (Å²) in [6, 6.07) is 4.40. The van der Waals surface area contributed by atoms with Gasteiger partial charge in [0.15, 0.2) is 11.1 Å². The van der Waals surface area contributed by atoms with Crippen LogP contribution in [0.2, 0.25) is 0 Å². The minimum absolute atomic E-state index is 0.181. The van der Waals surface area contributed by atoms with Crippen molar-refractivity contribution in [3.05, 3.63) is 29.0 Å². The van der Waals surface area contributed by atoms with Crippen LogP contribution >= 0.6 is 11.3 Å². The highest BCUT2D eigenvalue weighted by molar-refractivity contribution is 7.14. The third-order valence-corrected chi connectivity index (χ3v) is 6.31. The molecule has 0 radical (unpaired) electrons. The molecule has 0 amide bonds. The molecule has 0 saturated carbocycles. The van der Waals surface area contributed by atoms with Crippen LogP contribution in [0.1, 0.15) is 76.1 Å². The summed E-state index contributed by atoms with van der Waals surface area (Å²) in [7, 11) is 0. The summed E-state index contributed by atoms with van der Waals surface area (Å²) >= 11 is 1.43. The molecule has 164 valence electrons. The van der Waals surface area contributed by atoms with E-state index in [9.17, 15) is 9.18 Å². The molecule has 1 saturated heterocycles. The third-order valence-electron chi connectivity index (χ3n) is 5.29. The normalized spacial score (nSPS) is 16.1. The van der Waals surface area contributed by atoms with E-state index >= 15 is 0 Å². The second kappa shape index (κ2) is 12.1. The molecule has 1 aromatic heterocycles. The zero-order chi connectivity index (χ0) is 21.2. The molecule has 1 aromatic carbocycles. The van der Waals surface area contributed by atoms with Crippen LogP contribution in [0.15, 0.2) is 18.2 Å². The molecule has 0 N–H and O–H groups in total. The summed E-state index contributed by atoms with van der Waals surface area (Å²) < 4.78 is 25.1. The van der Waals surface area contributed by atoms with Crippen molar-refractivity contribution in [2.45, 2.75) is 83.7 Å². The van der Waals surface area contributed by atoms with E-state index in [1.165, 1.54) is 62.3 Å². The van der Waals surface area contributed by atoms with E-state index in [4.69, 9.17) is 9.47 Å². The summed E-state index contributed by atoms with van der Waals surface area (Å²) in [5.74, 6) is -0.758. The number of ether oxygens (including phenoxy) is 2. The molecule has 1 atom stereocenters. The molecule has 1 aliphatic heterocycles. The minimum atomic E-state index is -0.546. The number of nitrogens with zero attached hydrogens (tertiary/aromatic N) is 2. The Morgan fingerprint density at radius 1 is 1.17 bits per heavy atom. The van der Waals surface area contributed by atoms with Gasteiger partial charge in [-0.2, -0.15) is 0 Å². The van der Waals surface area contributed by atoms with E-state index in [-0.39, 0.29) is 5.75 Å². The predicted octanol–water partition coefficient (Wildman–Crippen LogP) is 6.11. The molecule has 1 fully saturated rings. The summed E-state index contributed by atoms with van der Waals surface area (Å²) in [6.45, 7) is 2.79. The van der Waals surface area contributed by atoms with Crippen LogP contribution in [0, 0.1) is 5.82 Å². The number of aromatic nitrogens is 2. The van der Waals surface area contributed by atoms with Crippen molar-refractivity contribution < 1.29 is 18.7 Å². The molecule has 3 rings (SSSR count). The number of hydrogen-bond donors (Lipinski definition) is 0. The van der Waals surface area contributed by atoms with Gasteiger partial charge in [0.25, 0.3) is 0 Å². The number of carbonyl (C=O) groups is 1. The van der Waals surface area contributed by atoms with E-state index in [2.05, 4.69) is 17.1 Å². The van der Waals surface area contributed by atoms with E-state index in [1.807, 2.05) is 0 Å². The van der Waals surface area contributed by atoms with Gasteiger partial charge in [-0.1, -0.05) is 63.2 Å². The number of carbonyl (C=O) groups excluding carboxylic acids is 1. The maximum atomic E-state index is 14.6. The maximum absolute atomic E-state index is 14.6. The van der Waals surface area contributed by atoms with Crippen molar-refractivity contribution in [2.24, 2.45) is 0 Å². The minimum Gasteiger partial charge on any atom is -0.425 e. The van der Waals surface area contributed by atoms with E-state index in [1.54, 1.807) is 12.1 Å². The Balaban J connectivity index is 1.45. The Morgan fingerprint density at radius 3 is 2.63 bits per heavy atom. The maximum Gasteiger partial charge on any atom is 0.340 e. The molecular weight excluding hydrogens is 403 g/mol. The summed E-state index contributed by atoms with van der Waals surface area (Å²) in [4.78, 5) is 12.0. The third kappa shape index (κ3) is 6.84. The monoisotopic (exact) mass is 434 g/mol. The fourth-order valence-electron chi connectivity index (χ4n) is 3.55. The smallest absolute Gasteiger partial charge is 0.340 e. The van der Waals surface area contributed by atoms with Crippen LogP contribution in [0.4, 0.5) is 4.39 Å². The molecule has 5 nitrogen and oxygen atoms in total. The quantitative estimate of drug-likeness (QED) is 0.229. The first-order valence-corrected chi connectivity index (χ1v) is 11.9. The Hall–Kier alpha value is -1.86. The van der Waals surface area contributed by atoms with Gasteiger partial charge in [0.05, 0.1) is 0 Å². The van der Waals surface area contributed by atoms with Crippen LogP contribution < -0.4 is 4.74 Å². The van der Waals surface area contributed by atoms with E-state index < -0.39 is 17.9 Å². The van der Waals surface area contributed by atoms with Crippen molar-refractivity contribution in [1.29, 1.82) is 0 Å². The Labute approximate surface area is 182 Å². The standard InChI is InChI=1S/C23H31FN2O3S/c1-2-3-4-5-6-7-8-9-12-21-25-26-22(30-21)18-14-13-17(16-19(18)24)29-23(27)20-11-10-15-28-20/h13-14,16,20H,2-12,15H2,1H3. The van der Waals surface area contributed by atoms with Gasteiger partial charge in [-0.05, 0) is 31.4 Å². The average molecular weight is 435 g/mol. The Kier molecular flexibility index (Phi) is 9.21. The van der Waals surface area contributed by atoms with Crippen LogP contribution in [-0.4, -0.2) is 28.9 Å². The summed E-state index contributed by atoms with van der Waals surface area (Å²) in [6.07, 6.45) is 11.9. The van der Waals surface area contributed by atoms with Crippen LogP contribution in [0.5, 0.6) is 5.75 Å². The molecule has 0 bridgehead atoms. The van der Waals surface area contributed by atoms with Crippen LogP contribution in [0.3, 0.4) is 0 Å².